The topological polar surface area (TPSA) is 35.0 Å². The number of ether oxygens (including phenoxy) is 1. The first-order valence-electron chi connectivity index (χ1n) is 2.58. The van der Waals surface area contributed by atoms with Crippen molar-refractivity contribution in [1.82, 2.24) is 9.97 Å². The molecule has 0 saturated carbocycles. The second-order valence-corrected chi connectivity index (χ2v) is 1.59. The molecular weight excluding hydrogens is 116 g/mol. The van der Waals surface area contributed by atoms with Gasteiger partial charge in [0.2, 0.25) is 0 Å². The number of methoxy groups -OCH3 is 1. The average molecular weight is 123 g/mol. The van der Waals surface area contributed by atoms with Crippen LogP contribution in [0.25, 0.3) is 0 Å². The van der Waals surface area contributed by atoms with Gasteiger partial charge in [0.1, 0.15) is 0 Å². The van der Waals surface area contributed by atoms with Crippen LogP contribution in [0, 0.1) is 13.0 Å². The molecule has 0 amide bonds. The number of nitrogens with zero attached hydrogens (tertiary/aromatic N) is 2. The van der Waals surface area contributed by atoms with Crippen LogP contribution in [0.3, 0.4) is 0 Å². The van der Waals surface area contributed by atoms with E-state index in [0.717, 1.165) is 5.69 Å². The highest BCUT2D eigenvalue weighted by molar-refractivity contribution is 5.00. The fourth-order valence-electron chi connectivity index (χ4n) is 0.484. The third-order valence-electron chi connectivity index (χ3n) is 0.894. The van der Waals surface area contributed by atoms with Crippen LogP contribution in [-0.2, 0) is 0 Å². The molecule has 3 heteroatoms. The Morgan fingerprint density at radius 1 is 1.67 bits per heavy atom. The lowest BCUT2D eigenvalue weighted by molar-refractivity contribution is 0.378. The Hall–Kier alpha value is -1.12. The summed E-state index contributed by atoms with van der Waals surface area (Å²) in [5, 5.41) is 0. The van der Waals surface area contributed by atoms with Gasteiger partial charge in [0, 0.05) is 12.3 Å². The molecule has 1 heterocycles. The van der Waals surface area contributed by atoms with Crippen molar-refractivity contribution in [1.29, 1.82) is 0 Å². The smallest absolute Gasteiger partial charge is 0.316 e. The van der Waals surface area contributed by atoms with Crippen LogP contribution in [0.15, 0.2) is 6.20 Å². The van der Waals surface area contributed by atoms with Gasteiger partial charge >= 0.3 is 6.01 Å². The molecule has 0 atom stereocenters. The fourth-order valence-corrected chi connectivity index (χ4v) is 0.484. The molecule has 0 aliphatic heterocycles. The normalized spacial score (nSPS) is 9.11. The van der Waals surface area contributed by atoms with Crippen molar-refractivity contribution in [2.45, 2.75) is 6.92 Å². The second-order valence-electron chi connectivity index (χ2n) is 1.59. The average Bonchev–Trinajstić information content (AvgIpc) is 1.88. The van der Waals surface area contributed by atoms with Crippen molar-refractivity contribution in [3.8, 4) is 6.01 Å². The highest BCUT2D eigenvalue weighted by atomic mass is 16.5. The summed E-state index contributed by atoms with van der Waals surface area (Å²) in [7, 11) is 1.54. The largest absolute Gasteiger partial charge is 0.467 e. The SMILES string of the molecule is COc1nc[c]c(C)n1. The van der Waals surface area contributed by atoms with Crippen molar-refractivity contribution >= 4 is 0 Å². The summed E-state index contributed by atoms with van der Waals surface area (Å²) in [5.74, 6) is 0. The van der Waals surface area contributed by atoms with E-state index in [4.69, 9.17) is 4.74 Å². The standard InChI is InChI=1S/C6H7N2O/c1-5-3-4-7-6(8-5)9-2/h4H,1-2H3. The zero-order valence-corrected chi connectivity index (χ0v) is 5.38. The Kier molecular flexibility index (Phi) is 1.63. The maximum atomic E-state index is 4.75. The maximum absolute atomic E-state index is 4.75. The summed E-state index contributed by atoms with van der Waals surface area (Å²) in [6.45, 7) is 1.84. The van der Waals surface area contributed by atoms with Crippen LogP contribution in [0.4, 0.5) is 0 Å². The van der Waals surface area contributed by atoms with E-state index in [9.17, 15) is 0 Å². The van der Waals surface area contributed by atoms with Gasteiger partial charge in [-0.05, 0) is 6.92 Å². The van der Waals surface area contributed by atoms with Crippen LogP contribution in [-0.4, -0.2) is 17.1 Å². The summed E-state index contributed by atoms with van der Waals surface area (Å²) in [6.07, 6.45) is 1.54. The zero-order valence-electron chi connectivity index (χ0n) is 5.38. The minimum Gasteiger partial charge on any atom is -0.467 e. The van der Waals surface area contributed by atoms with Gasteiger partial charge in [0.05, 0.1) is 12.8 Å². The predicted octanol–water partition coefficient (Wildman–Crippen LogP) is 0.594. The molecular formula is C6H7N2O. The molecule has 0 fully saturated rings. The minimum absolute atomic E-state index is 0.395. The molecule has 0 spiro atoms. The van der Waals surface area contributed by atoms with Crippen molar-refractivity contribution in [2.75, 3.05) is 7.11 Å². The lowest BCUT2D eigenvalue weighted by Crippen LogP contribution is -1.91. The quantitative estimate of drug-likeness (QED) is 0.548. The van der Waals surface area contributed by atoms with Gasteiger partial charge in [-0.25, -0.2) is 4.98 Å². The van der Waals surface area contributed by atoms with Crippen molar-refractivity contribution in [3.63, 3.8) is 0 Å². The number of rotatable bonds is 1. The molecule has 1 rings (SSSR count). The second kappa shape index (κ2) is 2.44. The van der Waals surface area contributed by atoms with Gasteiger partial charge in [-0.2, -0.15) is 4.98 Å². The summed E-state index contributed by atoms with van der Waals surface area (Å²) < 4.78 is 4.75. The van der Waals surface area contributed by atoms with Gasteiger partial charge in [0.15, 0.2) is 0 Å². The van der Waals surface area contributed by atoms with Crippen LogP contribution in [0.5, 0.6) is 6.01 Å². The highest BCUT2D eigenvalue weighted by Gasteiger charge is 1.90. The van der Waals surface area contributed by atoms with E-state index < -0.39 is 0 Å². The van der Waals surface area contributed by atoms with E-state index in [1.165, 1.54) is 7.11 Å². The first-order chi connectivity index (χ1) is 4.33. The first-order valence-corrected chi connectivity index (χ1v) is 2.58. The Balaban J connectivity index is 2.94. The van der Waals surface area contributed by atoms with Crippen LogP contribution in [0.2, 0.25) is 0 Å². The van der Waals surface area contributed by atoms with Crippen molar-refractivity contribution < 1.29 is 4.74 Å². The van der Waals surface area contributed by atoms with E-state index >= 15 is 0 Å². The molecule has 0 saturated heterocycles. The van der Waals surface area contributed by atoms with Crippen molar-refractivity contribution in [2.24, 2.45) is 0 Å². The summed E-state index contributed by atoms with van der Waals surface area (Å²) in [4.78, 5) is 7.67. The zero-order chi connectivity index (χ0) is 6.69. The Labute approximate surface area is 53.7 Å². The fraction of sp³-hybridized carbons (Fsp3) is 0.333. The minimum atomic E-state index is 0.395. The number of hydrogen-bond acceptors (Lipinski definition) is 3. The molecule has 1 radical (unpaired) electrons. The molecule has 1 aromatic rings. The third kappa shape index (κ3) is 1.38. The van der Waals surface area contributed by atoms with Gasteiger partial charge in [0.25, 0.3) is 0 Å². The highest BCUT2D eigenvalue weighted by Crippen LogP contribution is 1.98. The summed E-state index contributed by atoms with van der Waals surface area (Å²) in [6, 6.07) is 3.20. The molecule has 0 bridgehead atoms. The van der Waals surface area contributed by atoms with Gasteiger partial charge in [-0.3, -0.25) is 0 Å². The van der Waals surface area contributed by atoms with Gasteiger partial charge in [-0.1, -0.05) is 0 Å². The lowest BCUT2D eigenvalue weighted by atomic mass is 10.5. The molecule has 3 nitrogen and oxygen atoms in total. The van der Waals surface area contributed by atoms with Crippen LogP contribution in [0.1, 0.15) is 5.69 Å². The predicted molar refractivity (Wildman–Crippen MR) is 32.2 cm³/mol. The summed E-state index contributed by atoms with van der Waals surface area (Å²) >= 11 is 0. The number of aromatic nitrogens is 2. The molecule has 47 valence electrons. The monoisotopic (exact) mass is 123 g/mol. The molecule has 0 unspecified atom stereocenters. The third-order valence-corrected chi connectivity index (χ3v) is 0.894. The van der Waals surface area contributed by atoms with Crippen molar-refractivity contribution in [3.05, 3.63) is 18.0 Å². The molecule has 0 aliphatic rings. The number of aryl methyl sites for hydroxylation is 1. The van der Waals surface area contributed by atoms with Crippen LogP contribution >= 0.6 is 0 Å². The molecule has 0 N–H and O–H groups in total. The lowest BCUT2D eigenvalue weighted by Gasteiger charge is -1.94. The van der Waals surface area contributed by atoms with E-state index in [1.807, 2.05) is 6.92 Å². The van der Waals surface area contributed by atoms with Gasteiger partial charge in [-0.15, -0.1) is 0 Å². The first kappa shape index (κ1) is 6.01. The van der Waals surface area contributed by atoms with E-state index in [-0.39, 0.29) is 0 Å². The Bertz CT molecular complexity index is 200. The molecule has 9 heavy (non-hydrogen) atoms. The van der Waals surface area contributed by atoms with E-state index in [2.05, 4.69) is 16.0 Å². The molecule has 0 aromatic carbocycles. The number of hydrogen-bond donors (Lipinski definition) is 0. The summed E-state index contributed by atoms with van der Waals surface area (Å²) in [5.41, 5.74) is 0.793. The molecule has 0 aliphatic carbocycles. The van der Waals surface area contributed by atoms with Crippen LogP contribution < -0.4 is 4.74 Å². The Morgan fingerprint density at radius 3 is 2.89 bits per heavy atom. The van der Waals surface area contributed by atoms with E-state index in [1.54, 1.807) is 6.20 Å². The van der Waals surface area contributed by atoms with Gasteiger partial charge < -0.3 is 4.74 Å². The maximum Gasteiger partial charge on any atom is 0.316 e. The molecule has 1 aromatic heterocycles. The Morgan fingerprint density at radius 2 is 2.44 bits per heavy atom. The van der Waals surface area contributed by atoms with E-state index in [0.29, 0.717) is 6.01 Å².